The Morgan fingerprint density at radius 1 is 1.56 bits per heavy atom. The molecule has 0 amide bonds. The van der Waals surface area contributed by atoms with Crippen LogP contribution in [0.15, 0.2) is 28.4 Å². The first-order valence-corrected chi connectivity index (χ1v) is 6.76. The number of rotatable bonds is 2. The largest absolute Gasteiger partial charge is 0.379 e. The summed E-state index contributed by atoms with van der Waals surface area (Å²) in [7, 11) is 0. The molecule has 6 heteroatoms. The summed E-state index contributed by atoms with van der Waals surface area (Å²) >= 11 is 1.50. The highest BCUT2D eigenvalue weighted by Crippen LogP contribution is 2.59. The third kappa shape index (κ3) is 1.71. The van der Waals surface area contributed by atoms with E-state index >= 15 is 0 Å². The van der Waals surface area contributed by atoms with Gasteiger partial charge in [-0.3, -0.25) is 4.99 Å². The van der Waals surface area contributed by atoms with Crippen molar-refractivity contribution in [3.05, 3.63) is 34.5 Å². The first-order valence-electron chi connectivity index (χ1n) is 5.77. The number of amidine groups is 1. The monoisotopic (exact) mass is 265 g/mol. The van der Waals surface area contributed by atoms with Crippen molar-refractivity contribution in [2.45, 2.75) is 18.4 Å². The second-order valence-electron chi connectivity index (χ2n) is 4.67. The highest BCUT2D eigenvalue weighted by Gasteiger charge is 2.57. The first kappa shape index (κ1) is 11.6. The number of fused-ring (bicyclic) bond motifs is 1. The van der Waals surface area contributed by atoms with E-state index in [4.69, 9.17) is 5.73 Å². The first-order chi connectivity index (χ1) is 8.65. The SMILES string of the molecule is NC1=NC2(c3cc(N=O)ccc3F)CC2CCS1. The number of thioether (sulfide) groups is 1. The molecule has 2 N–H and O–H groups in total. The Balaban J connectivity index is 2.09. The van der Waals surface area contributed by atoms with E-state index in [1.807, 2.05) is 0 Å². The van der Waals surface area contributed by atoms with E-state index in [2.05, 4.69) is 10.2 Å². The molecule has 0 aromatic heterocycles. The Hall–Kier alpha value is -1.43. The number of hydrogen-bond donors (Lipinski definition) is 1. The third-order valence-electron chi connectivity index (χ3n) is 3.62. The molecule has 1 aliphatic carbocycles. The second kappa shape index (κ2) is 4.05. The number of nitrogens with zero attached hydrogens (tertiary/aromatic N) is 2. The summed E-state index contributed by atoms with van der Waals surface area (Å²) in [6.07, 6.45) is 1.76. The lowest BCUT2D eigenvalue weighted by atomic mass is 10.0. The van der Waals surface area contributed by atoms with E-state index in [1.165, 1.54) is 30.0 Å². The quantitative estimate of drug-likeness (QED) is 0.836. The van der Waals surface area contributed by atoms with Crippen LogP contribution in [0.25, 0.3) is 0 Å². The lowest BCUT2D eigenvalue weighted by Crippen LogP contribution is -2.14. The maximum atomic E-state index is 14.0. The van der Waals surface area contributed by atoms with Crippen molar-refractivity contribution in [2.75, 3.05) is 5.75 Å². The molecule has 1 aromatic carbocycles. The molecular formula is C12H12FN3OS. The summed E-state index contributed by atoms with van der Waals surface area (Å²) in [6, 6.07) is 4.15. The fourth-order valence-corrected chi connectivity index (χ4v) is 3.46. The normalized spacial score (nSPS) is 30.1. The molecule has 0 saturated heterocycles. The predicted octanol–water partition coefficient (Wildman–Crippen LogP) is 2.89. The van der Waals surface area contributed by atoms with Crippen molar-refractivity contribution in [1.82, 2.24) is 0 Å². The minimum absolute atomic E-state index is 0.233. The molecule has 0 radical (unpaired) electrons. The third-order valence-corrected chi connectivity index (χ3v) is 4.45. The van der Waals surface area contributed by atoms with Gasteiger partial charge in [-0.2, -0.15) is 0 Å². The van der Waals surface area contributed by atoms with Crippen LogP contribution < -0.4 is 5.73 Å². The number of aliphatic imine (C=N–C) groups is 1. The molecule has 1 heterocycles. The Morgan fingerprint density at radius 2 is 2.39 bits per heavy atom. The molecule has 1 aromatic rings. The molecular weight excluding hydrogens is 253 g/mol. The van der Waals surface area contributed by atoms with Crippen molar-refractivity contribution in [3.8, 4) is 0 Å². The van der Waals surface area contributed by atoms with Crippen LogP contribution in [0.2, 0.25) is 0 Å². The Morgan fingerprint density at radius 3 is 3.17 bits per heavy atom. The Labute approximate surface area is 108 Å². The van der Waals surface area contributed by atoms with Crippen molar-refractivity contribution in [2.24, 2.45) is 21.8 Å². The molecule has 18 heavy (non-hydrogen) atoms. The van der Waals surface area contributed by atoms with Gasteiger partial charge in [0.15, 0.2) is 5.17 Å². The van der Waals surface area contributed by atoms with E-state index in [0.717, 1.165) is 18.6 Å². The van der Waals surface area contributed by atoms with Crippen molar-refractivity contribution in [3.63, 3.8) is 0 Å². The van der Waals surface area contributed by atoms with Gasteiger partial charge in [0.2, 0.25) is 0 Å². The van der Waals surface area contributed by atoms with Gasteiger partial charge >= 0.3 is 0 Å². The zero-order valence-electron chi connectivity index (χ0n) is 9.60. The number of benzene rings is 1. The Bertz CT molecular complexity index is 548. The molecule has 2 atom stereocenters. The summed E-state index contributed by atoms with van der Waals surface area (Å²) in [5.74, 6) is 0.894. The van der Waals surface area contributed by atoms with Crippen LogP contribution in [0.5, 0.6) is 0 Å². The van der Waals surface area contributed by atoms with E-state index < -0.39 is 5.54 Å². The lowest BCUT2D eigenvalue weighted by Gasteiger charge is -2.13. The molecule has 0 bridgehead atoms. The molecule has 0 spiro atoms. The van der Waals surface area contributed by atoms with Crippen LogP contribution in [-0.2, 0) is 5.54 Å². The van der Waals surface area contributed by atoms with Crippen LogP contribution in [0, 0.1) is 16.6 Å². The highest BCUT2D eigenvalue weighted by atomic mass is 32.2. The van der Waals surface area contributed by atoms with Gasteiger partial charge in [-0.1, -0.05) is 11.8 Å². The van der Waals surface area contributed by atoms with Gasteiger partial charge in [0.05, 0.1) is 5.54 Å². The topological polar surface area (TPSA) is 67.8 Å². The van der Waals surface area contributed by atoms with Crippen molar-refractivity contribution >= 4 is 22.6 Å². The minimum Gasteiger partial charge on any atom is -0.379 e. The zero-order valence-corrected chi connectivity index (χ0v) is 10.4. The van der Waals surface area contributed by atoms with Gasteiger partial charge in [-0.15, -0.1) is 4.91 Å². The van der Waals surface area contributed by atoms with Crippen LogP contribution in [0.3, 0.4) is 0 Å². The van der Waals surface area contributed by atoms with Gasteiger partial charge in [-0.05, 0) is 42.1 Å². The summed E-state index contributed by atoms with van der Waals surface area (Å²) in [4.78, 5) is 15.0. The molecule has 2 aliphatic rings. The maximum absolute atomic E-state index is 14.0. The van der Waals surface area contributed by atoms with Gasteiger partial charge in [0.1, 0.15) is 11.5 Å². The van der Waals surface area contributed by atoms with E-state index in [9.17, 15) is 9.30 Å². The zero-order chi connectivity index (χ0) is 12.8. The molecule has 4 nitrogen and oxygen atoms in total. The molecule has 94 valence electrons. The minimum atomic E-state index is -0.557. The number of halogens is 1. The maximum Gasteiger partial charge on any atom is 0.154 e. The van der Waals surface area contributed by atoms with Gasteiger partial charge < -0.3 is 5.73 Å². The number of nitroso groups, excluding NO2 is 1. The summed E-state index contributed by atoms with van der Waals surface area (Å²) in [5.41, 5.74) is 5.93. The van der Waals surface area contributed by atoms with Gasteiger partial charge in [0.25, 0.3) is 0 Å². The predicted molar refractivity (Wildman–Crippen MR) is 70.3 cm³/mol. The molecule has 1 saturated carbocycles. The number of nitrogens with two attached hydrogens (primary N) is 1. The molecule has 3 rings (SSSR count). The number of hydrogen-bond acceptors (Lipinski definition) is 5. The summed E-state index contributed by atoms with van der Waals surface area (Å²) < 4.78 is 14.0. The summed E-state index contributed by atoms with van der Waals surface area (Å²) in [5, 5.41) is 3.36. The van der Waals surface area contributed by atoms with E-state index in [0.29, 0.717) is 16.6 Å². The smallest absolute Gasteiger partial charge is 0.154 e. The fraction of sp³-hybridized carbons (Fsp3) is 0.417. The van der Waals surface area contributed by atoms with Crippen LogP contribution in [0.4, 0.5) is 10.1 Å². The van der Waals surface area contributed by atoms with E-state index in [-0.39, 0.29) is 11.5 Å². The molecule has 1 aliphatic heterocycles. The average molecular weight is 265 g/mol. The molecule has 1 fully saturated rings. The molecule has 2 unspecified atom stereocenters. The van der Waals surface area contributed by atoms with Crippen LogP contribution in [0.1, 0.15) is 18.4 Å². The fourth-order valence-electron chi connectivity index (χ4n) is 2.62. The van der Waals surface area contributed by atoms with Crippen molar-refractivity contribution in [1.29, 1.82) is 0 Å². The Kier molecular flexibility index (Phi) is 2.62. The second-order valence-corrected chi connectivity index (χ2v) is 5.78. The average Bonchev–Trinajstić information content (AvgIpc) is 3.04. The summed E-state index contributed by atoms with van der Waals surface area (Å²) in [6.45, 7) is 0. The van der Waals surface area contributed by atoms with Crippen molar-refractivity contribution < 1.29 is 4.39 Å². The van der Waals surface area contributed by atoms with E-state index in [1.54, 1.807) is 0 Å². The van der Waals surface area contributed by atoms with Crippen LogP contribution >= 0.6 is 11.8 Å². The lowest BCUT2D eigenvalue weighted by molar-refractivity contribution is 0.551. The van der Waals surface area contributed by atoms with Gasteiger partial charge in [-0.25, -0.2) is 4.39 Å². The standard InChI is InChI=1S/C12H12FN3OS/c13-10-2-1-8(16-17)5-9(10)12-6-7(12)3-4-18-11(14)15-12/h1-2,5,7H,3-4,6H2,(H2,14,15). The van der Waals surface area contributed by atoms with Crippen LogP contribution in [-0.4, -0.2) is 10.9 Å². The van der Waals surface area contributed by atoms with Gasteiger partial charge in [0, 0.05) is 11.3 Å². The highest BCUT2D eigenvalue weighted by molar-refractivity contribution is 8.13.